The van der Waals surface area contributed by atoms with Crippen LogP contribution in [0.2, 0.25) is 0 Å². The summed E-state index contributed by atoms with van der Waals surface area (Å²) >= 11 is 1.14. The van der Waals surface area contributed by atoms with Crippen molar-refractivity contribution in [2.75, 3.05) is 84.3 Å². The molecule has 0 aromatic heterocycles. The highest BCUT2D eigenvalue weighted by Gasteiger charge is 2.53. The number of nitrogens with zero attached hydrogens (tertiary/aromatic N) is 6. The smallest absolute Gasteiger partial charge is 0.320 e. The lowest BCUT2D eigenvalue weighted by Crippen LogP contribution is -2.55. The van der Waals surface area contributed by atoms with Gasteiger partial charge in [0.2, 0.25) is 29.5 Å². The minimum absolute atomic E-state index is 0.0251. The number of hydrogen-bond acceptors (Lipinski definition) is 20. The molecule has 5 amide bonds. The Morgan fingerprint density at radius 3 is 1.21 bits per heavy atom. The van der Waals surface area contributed by atoms with E-state index in [4.69, 9.17) is 0 Å². The SMILES string of the molecule is CC1(C)CC(N2C(=O)C(SCCC(=O)N(CCCNC(=O)CCC(C(=O)O)N(CC(=O)O)CC(=O)O)CCN(CCCNC(=O)CCC(C(=O)O)N(CC(=O)O)CC(=O)O)C(=O)CCC(C(=O)O)N(CC(=O)O)CC(=O)O)CC2O)C(C)(C)N1. The monoisotopic (exact) mass is 1220 g/mol. The van der Waals surface area contributed by atoms with Crippen LogP contribution in [0.3, 0.4) is 0 Å². The van der Waals surface area contributed by atoms with Crippen LogP contribution in [0.4, 0.5) is 0 Å². The Labute approximate surface area is 486 Å². The van der Waals surface area contributed by atoms with Crippen molar-refractivity contribution in [3.63, 3.8) is 0 Å². The van der Waals surface area contributed by atoms with Crippen LogP contribution in [0, 0.1) is 0 Å². The first kappa shape index (κ1) is 72.8. The van der Waals surface area contributed by atoms with E-state index in [1.165, 1.54) is 14.7 Å². The molecule has 0 bridgehead atoms. The van der Waals surface area contributed by atoms with E-state index in [0.29, 0.717) is 21.1 Å². The van der Waals surface area contributed by atoms with Crippen LogP contribution in [0.15, 0.2) is 0 Å². The molecule has 13 N–H and O–H groups in total. The molecule has 6 unspecified atom stereocenters. The van der Waals surface area contributed by atoms with E-state index in [0.717, 1.165) is 11.8 Å². The number of carboxylic acid groups (broad SMARTS) is 9. The third kappa shape index (κ3) is 25.7. The highest BCUT2D eigenvalue weighted by Crippen LogP contribution is 2.40. The van der Waals surface area contributed by atoms with Gasteiger partial charge in [0.05, 0.1) is 50.6 Å². The molecule has 0 spiro atoms. The number of aliphatic hydroxyl groups is 1. The molecule has 34 heteroatoms. The number of nitrogens with one attached hydrogen (secondary N) is 3. The van der Waals surface area contributed by atoms with E-state index in [2.05, 4.69) is 16.0 Å². The van der Waals surface area contributed by atoms with Crippen molar-refractivity contribution >= 4 is 95.0 Å². The fraction of sp³-hybridized carbons (Fsp3) is 0.720. The van der Waals surface area contributed by atoms with Gasteiger partial charge in [-0.2, -0.15) is 0 Å². The topological polar surface area (TPSA) is 497 Å². The van der Waals surface area contributed by atoms with Gasteiger partial charge in [0.25, 0.3) is 0 Å². The van der Waals surface area contributed by atoms with Crippen LogP contribution in [0.1, 0.15) is 98.3 Å². The third-order valence-corrected chi connectivity index (χ3v) is 15.0. The van der Waals surface area contributed by atoms with E-state index < -0.39 is 190 Å². The van der Waals surface area contributed by atoms with Crippen LogP contribution < -0.4 is 16.0 Å². The summed E-state index contributed by atoms with van der Waals surface area (Å²) in [5.74, 6) is -17.0. The molecule has 84 heavy (non-hydrogen) atoms. The molecule has 2 saturated heterocycles. The molecule has 2 rings (SSSR count). The number of carboxylic acids is 9. The molecular formula is C50H79N9O24S. The van der Waals surface area contributed by atoms with E-state index in [-0.39, 0.29) is 88.2 Å². The van der Waals surface area contributed by atoms with Gasteiger partial charge in [-0.05, 0) is 66.2 Å². The zero-order chi connectivity index (χ0) is 63.8. The second-order valence-corrected chi connectivity index (χ2v) is 22.8. The van der Waals surface area contributed by atoms with Gasteiger partial charge in [-0.1, -0.05) is 0 Å². The first-order valence-electron chi connectivity index (χ1n) is 26.8. The Hall–Kier alpha value is -7.27. The lowest BCUT2D eigenvalue weighted by molar-refractivity contribution is -0.152. The molecule has 2 aliphatic rings. The maximum Gasteiger partial charge on any atom is 0.320 e. The largest absolute Gasteiger partial charge is 0.480 e. The summed E-state index contributed by atoms with van der Waals surface area (Å²) in [5.41, 5.74) is -0.881. The molecule has 33 nitrogen and oxygen atoms in total. The quantitative estimate of drug-likeness (QED) is 0.0266. The zero-order valence-electron chi connectivity index (χ0n) is 47.2. The van der Waals surface area contributed by atoms with Crippen molar-refractivity contribution in [2.24, 2.45) is 0 Å². The second-order valence-electron chi connectivity index (χ2n) is 21.4. The molecular weight excluding hydrogens is 1140 g/mol. The van der Waals surface area contributed by atoms with E-state index in [1.807, 2.05) is 27.7 Å². The van der Waals surface area contributed by atoms with Gasteiger partial charge < -0.3 is 81.7 Å². The van der Waals surface area contributed by atoms with Gasteiger partial charge in [0.1, 0.15) is 24.4 Å². The summed E-state index contributed by atoms with van der Waals surface area (Å²) in [7, 11) is 0. The van der Waals surface area contributed by atoms with Crippen LogP contribution in [-0.4, -0.2) is 295 Å². The lowest BCUT2D eigenvalue weighted by Gasteiger charge is -2.36. The minimum atomic E-state index is -1.79. The van der Waals surface area contributed by atoms with E-state index >= 15 is 0 Å². The van der Waals surface area contributed by atoms with E-state index in [9.17, 15) is 118 Å². The summed E-state index contributed by atoms with van der Waals surface area (Å²) in [4.78, 5) is 179. The molecule has 2 fully saturated rings. The average molecular weight is 1220 g/mol. The van der Waals surface area contributed by atoms with Gasteiger partial charge in [-0.3, -0.25) is 81.8 Å². The molecule has 0 aliphatic carbocycles. The van der Waals surface area contributed by atoms with E-state index in [1.54, 1.807) is 0 Å². The molecule has 6 atom stereocenters. The number of amides is 5. The Balaban J connectivity index is 2.39. The number of carbonyl (C=O) groups excluding carboxylic acids is 5. The van der Waals surface area contributed by atoms with Crippen LogP contribution in [-0.2, 0) is 67.1 Å². The summed E-state index contributed by atoms with van der Waals surface area (Å²) in [5, 5.41) is 104. The number of thioether (sulfide) groups is 1. The van der Waals surface area contributed by atoms with Crippen molar-refractivity contribution in [1.82, 2.24) is 45.3 Å². The maximum atomic E-state index is 14.1. The second kappa shape index (κ2) is 34.5. The molecule has 474 valence electrons. The van der Waals surface area contributed by atoms with Crippen LogP contribution in [0.5, 0.6) is 0 Å². The molecule has 0 aromatic carbocycles. The third-order valence-electron chi connectivity index (χ3n) is 13.8. The Bertz CT molecular complexity index is 2350. The van der Waals surface area contributed by atoms with Crippen molar-refractivity contribution in [3.8, 4) is 0 Å². The van der Waals surface area contributed by atoms with Crippen molar-refractivity contribution < 1.29 is 118 Å². The van der Waals surface area contributed by atoms with Gasteiger partial charge in [0, 0.05) is 88.2 Å². The first-order valence-corrected chi connectivity index (χ1v) is 27.8. The summed E-state index contributed by atoms with van der Waals surface area (Å²) < 4.78 is 0. The predicted molar refractivity (Wildman–Crippen MR) is 289 cm³/mol. The minimum Gasteiger partial charge on any atom is -0.480 e. The number of aliphatic carboxylic acids is 9. The molecule has 0 saturated carbocycles. The van der Waals surface area contributed by atoms with Gasteiger partial charge in [-0.25, -0.2) is 0 Å². The van der Waals surface area contributed by atoms with Crippen molar-refractivity contribution in [3.05, 3.63) is 0 Å². The predicted octanol–water partition coefficient (Wildman–Crippen LogP) is -3.27. The van der Waals surface area contributed by atoms with Gasteiger partial charge in [-0.15, -0.1) is 11.8 Å². The van der Waals surface area contributed by atoms with Crippen LogP contribution >= 0.6 is 11.8 Å². The van der Waals surface area contributed by atoms with Gasteiger partial charge in [0.15, 0.2) is 0 Å². The number of carbonyl (C=O) groups is 14. The van der Waals surface area contributed by atoms with Gasteiger partial charge >= 0.3 is 53.7 Å². The fourth-order valence-electron chi connectivity index (χ4n) is 10.2. The highest BCUT2D eigenvalue weighted by atomic mass is 32.2. The number of likely N-dealkylation sites (tertiary alicyclic amines) is 1. The maximum absolute atomic E-state index is 14.1. The molecule has 2 aliphatic heterocycles. The van der Waals surface area contributed by atoms with Crippen molar-refractivity contribution in [1.29, 1.82) is 0 Å². The van der Waals surface area contributed by atoms with Crippen LogP contribution in [0.25, 0.3) is 0 Å². The highest BCUT2D eigenvalue weighted by molar-refractivity contribution is 8.00. The number of hydrogen-bond donors (Lipinski definition) is 13. The first-order chi connectivity index (χ1) is 39.0. The number of aliphatic hydroxyl groups excluding tert-OH is 1. The summed E-state index contributed by atoms with van der Waals surface area (Å²) in [6.45, 7) is 0.726. The standard InChI is InChI=1S/C50H79N9O24S/c1-49(2)22-33(50(3,4)53-49)59-38(64)21-32(45(59)77)84-20-13-37(63)55(17-6-15-52-35(61)11-8-30(47(80)81)57(25-41(69)70)26-42(71)72)19-18-54(36(62)12-9-31(48(82)83)58(27-43(73)74)28-44(75)76)16-5-14-51-34(60)10-7-29(46(78)79)56(23-39(65)66)24-40(67)68/h29-33,38,53,64H,5-28H2,1-4H3,(H,51,60)(H,52,61)(H,65,66)(H,67,68)(H,69,70)(H,71,72)(H,73,74)(H,75,76)(H,78,79)(H,80,81)(H,82,83). The summed E-state index contributed by atoms with van der Waals surface area (Å²) in [6, 6.07) is -5.50. The Morgan fingerprint density at radius 1 is 0.548 bits per heavy atom. The lowest BCUT2D eigenvalue weighted by atomic mass is 9.93. The molecule has 2 heterocycles. The molecule has 0 aromatic rings. The normalized spacial score (nSPS) is 18.2. The Morgan fingerprint density at radius 2 is 0.893 bits per heavy atom. The zero-order valence-corrected chi connectivity index (χ0v) is 48.0. The fourth-order valence-corrected chi connectivity index (χ4v) is 11.4. The molecule has 0 radical (unpaired) electrons. The summed E-state index contributed by atoms with van der Waals surface area (Å²) in [6.07, 6.45) is -3.92. The average Bonchev–Trinajstić information content (AvgIpc) is 2.03. The van der Waals surface area contributed by atoms with Crippen molar-refractivity contribution in [2.45, 2.75) is 145 Å². The Kier molecular flexibility index (Phi) is 29.9. The number of rotatable bonds is 43.